The summed E-state index contributed by atoms with van der Waals surface area (Å²) in [7, 11) is 1.84. The number of hydrogen-bond donors (Lipinski definition) is 1. The van der Waals surface area contributed by atoms with Gasteiger partial charge in [-0.05, 0) is 31.7 Å². The number of nitrogens with one attached hydrogen (secondary N) is 1. The Bertz CT molecular complexity index is 410. The topological polar surface area (TPSA) is 46.9 Å². The van der Waals surface area contributed by atoms with Crippen molar-refractivity contribution in [2.24, 2.45) is 13.0 Å². The highest BCUT2D eigenvalue weighted by Crippen LogP contribution is 2.25. The van der Waals surface area contributed by atoms with Crippen LogP contribution >= 0.6 is 11.6 Å². The number of alkyl halides is 1. The summed E-state index contributed by atoms with van der Waals surface area (Å²) in [6.45, 7) is 1.94. The Balaban J connectivity index is 2.01. The Morgan fingerprint density at radius 2 is 2.28 bits per heavy atom. The maximum atomic E-state index is 12.1. The molecule has 1 aliphatic rings. The normalized spacial score (nSPS) is 23.9. The van der Waals surface area contributed by atoms with Crippen molar-refractivity contribution in [2.45, 2.75) is 38.6 Å². The van der Waals surface area contributed by atoms with Crippen LogP contribution in [0.2, 0.25) is 0 Å². The van der Waals surface area contributed by atoms with Gasteiger partial charge >= 0.3 is 0 Å². The minimum Gasteiger partial charge on any atom is -0.348 e. The third-order valence-electron chi connectivity index (χ3n) is 3.77. The van der Waals surface area contributed by atoms with Gasteiger partial charge < -0.3 is 5.32 Å². The van der Waals surface area contributed by atoms with Gasteiger partial charge in [-0.3, -0.25) is 9.48 Å². The Kier molecular flexibility index (Phi) is 4.27. The lowest BCUT2D eigenvalue weighted by Gasteiger charge is -2.30. The highest BCUT2D eigenvalue weighted by molar-refractivity contribution is 6.18. The first-order valence-corrected chi connectivity index (χ1v) is 7.02. The second kappa shape index (κ2) is 5.74. The second-order valence-corrected chi connectivity index (χ2v) is 5.38. The standard InChI is InChI=1S/C13H20ClN3O/c1-9-7-12(16-17(9)2)13(18)15-11-6-4-3-5-10(11)8-14/h7,10-11H,3-6,8H2,1-2H3,(H,15,18). The van der Waals surface area contributed by atoms with Crippen molar-refractivity contribution in [2.75, 3.05) is 5.88 Å². The molecule has 1 fully saturated rings. The number of hydrogen-bond acceptors (Lipinski definition) is 2. The molecule has 0 spiro atoms. The summed E-state index contributed by atoms with van der Waals surface area (Å²) >= 11 is 5.96. The molecule has 0 radical (unpaired) electrons. The molecule has 4 nitrogen and oxygen atoms in total. The van der Waals surface area contributed by atoms with Crippen LogP contribution in [0, 0.1) is 12.8 Å². The average molecular weight is 270 g/mol. The molecule has 1 aliphatic carbocycles. The van der Waals surface area contributed by atoms with E-state index < -0.39 is 0 Å². The Morgan fingerprint density at radius 1 is 1.56 bits per heavy atom. The summed E-state index contributed by atoms with van der Waals surface area (Å²) in [5.74, 6) is 0.932. The zero-order chi connectivity index (χ0) is 13.1. The summed E-state index contributed by atoms with van der Waals surface area (Å²) < 4.78 is 1.72. The van der Waals surface area contributed by atoms with Crippen molar-refractivity contribution in [1.82, 2.24) is 15.1 Å². The van der Waals surface area contributed by atoms with Crippen LogP contribution in [-0.2, 0) is 7.05 Å². The highest BCUT2D eigenvalue weighted by Gasteiger charge is 2.26. The molecule has 1 aromatic heterocycles. The zero-order valence-corrected chi connectivity index (χ0v) is 11.7. The fourth-order valence-electron chi connectivity index (χ4n) is 2.50. The second-order valence-electron chi connectivity index (χ2n) is 5.07. The molecular formula is C13H20ClN3O. The first kappa shape index (κ1) is 13.4. The van der Waals surface area contributed by atoms with Crippen LogP contribution in [0.25, 0.3) is 0 Å². The lowest BCUT2D eigenvalue weighted by Crippen LogP contribution is -2.43. The molecular weight excluding hydrogens is 250 g/mol. The molecule has 1 heterocycles. The number of carbonyl (C=O) groups is 1. The predicted octanol–water partition coefficient (Wildman–Crippen LogP) is 2.26. The summed E-state index contributed by atoms with van der Waals surface area (Å²) in [4.78, 5) is 12.1. The summed E-state index contributed by atoms with van der Waals surface area (Å²) in [6.07, 6.45) is 4.51. The summed E-state index contributed by atoms with van der Waals surface area (Å²) in [6, 6.07) is 2.01. The van der Waals surface area contributed by atoms with Gasteiger partial charge in [0.25, 0.3) is 5.91 Å². The number of nitrogens with zero attached hydrogens (tertiary/aromatic N) is 2. The number of halogens is 1. The Hall–Kier alpha value is -1.03. The van der Waals surface area contributed by atoms with E-state index in [0.717, 1.165) is 18.5 Å². The van der Waals surface area contributed by atoms with Gasteiger partial charge in [0.2, 0.25) is 0 Å². The molecule has 1 N–H and O–H groups in total. The number of rotatable bonds is 3. The van der Waals surface area contributed by atoms with E-state index in [0.29, 0.717) is 17.5 Å². The van der Waals surface area contributed by atoms with E-state index >= 15 is 0 Å². The summed E-state index contributed by atoms with van der Waals surface area (Å²) in [5.41, 5.74) is 1.48. The Labute approximate surface area is 113 Å². The smallest absolute Gasteiger partial charge is 0.272 e. The minimum absolute atomic E-state index is 0.0827. The van der Waals surface area contributed by atoms with E-state index in [1.54, 1.807) is 4.68 Å². The fourth-order valence-corrected chi connectivity index (χ4v) is 2.87. The van der Waals surface area contributed by atoms with Crippen LogP contribution in [0.5, 0.6) is 0 Å². The molecule has 100 valence electrons. The molecule has 1 amide bonds. The molecule has 18 heavy (non-hydrogen) atoms. The molecule has 2 unspecified atom stereocenters. The van der Waals surface area contributed by atoms with E-state index in [4.69, 9.17) is 11.6 Å². The van der Waals surface area contributed by atoms with Gasteiger partial charge in [-0.15, -0.1) is 11.6 Å². The predicted molar refractivity (Wildman–Crippen MR) is 71.9 cm³/mol. The monoisotopic (exact) mass is 269 g/mol. The molecule has 1 saturated carbocycles. The highest BCUT2D eigenvalue weighted by atomic mass is 35.5. The van der Waals surface area contributed by atoms with Crippen LogP contribution < -0.4 is 5.32 Å². The van der Waals surface area contributed by atoms with E-state index in [2.05, 4.69) is 10.4 Å². The Morgan fingerprint density at radius 3 is 2.89 bits per heavy atom. The van der Waals surface area contributed by atoms with Crippen LogP contribution in [0.4, 0.5) is 0 Å². The quantitative estimate of drug-likeness (QED) is 0.856. The molecule has 5 heteroatoms. The van der Waals surface area contributed by atoms with Gasteiger partial charge in [-0.25, -0.2) is 0 Å². The fraction of sp³-hybridized carbons (Fsp3) is 0.692. The van der Waals surface area contributed by atoms with Gasteiger partial charge in [0.15, 0.2) is 0 Å². The minimum atomic E-state index is -0.0827. The lowest BCUT2D eigenvalue weighted by atomic mass is 9.85. The van der Waals surface area contributed by atoms with E-state index in [1.807, 2.05) is 20.0 Å². The van der Waals surface area contributed by atoms with E-state index in [1.165, 1.54) is 12.8 Å². The third kappa shape index (κ3) is 2.86. The van der Waals surface area contributed by atoms with E-state index in [9.17, 15) is 4.79 Å². The average Bonchev–Trinajstić information content (AvgIpc) is 2.70. The van der Waals surface area contributed by atoms with Crippen LogP contribution in [0.3, 0.4) is 0 Å². The van der Waals surface area contributed by atoms with Crippen molar-refractivity contribution in [3.63, 3.8) is 0 Å². The van der Waals surface area contributed by atoms with Crippen LogP contribution in [-0.4, -0.2) is 27.6 Å². The number of aryl methyl sites for hydroxylation is 2. The molecule has 0 bridgehead atoms. The van der Waals surface area contributed by atoms with Crippen molar-refractivity contribution < 1.29 is 4.79 Å². The summed E-state index contributed by atoms with van der Waals surface area (Å²) in [5, 5.41) is 7.28. The molecule has 1 aromatic rings. The molecule has 0 aliphatic heterocycles. The van der Waals surface area contributed by atoms with E-state index in [-0.39, 0.29) is 11.9 Å². The van der Waals surface area contributed by atoms with Gasteiger partial charge in [-0.2, -0.15) is 5.10 Å². The van der Waals surface area contributed by atoms with Crippen molar-refractivity contribution >= 4 is 17.5 Å². The molecule has 0 aromatic carbocycles. The van der Waals surface area contributed by atoms with Crippen molar-refractivity contribution in [3.8, 4) is 0 Å². The number of carbonyl (C=O) groups excluding carboxylic acids is 1. The third-order valence-corrected chi connectivity index (χ3v) is 4.17. The SMILES string of the molecule is Cc1cc(C(=O)NC2CCCCC2CCl)nn1C. The number of aromatic nitrogens is 2. The van der Waals surface area contributed by atoms with Gasteiger partial charge in [-0.1, -0.05) is 12.8 Å². The number of amides is 1. The van der Waals surface area contributed by atoms with Gasteiger partial charge in [0, 0.05) is 24.7 Å². The van der Waals surface area contributed by atoms with Gasteiger partial charge in [0.05, 0.1) is 0 Å². The maximum absolute atomic E-state index is 12.1. The van der Waals surface area contributed by atoms with Gasteiger partial charge in [0.1, 0.15) is 5.69 Å². The van der Waals surface area contributed by atoms with Crippen molar-refractivity contribution in [3.05, 3.63) is 17.5 Å². The molecule has 0 saturated heterocycles. The van der Waals surface area contributed by atoms with Crippen molar-refractivity contribution in [1.29, 1.82) is 0 Å². The first-order valence-electron chi connectivity index (χ1n) is 6.49. The largest absolute Gasteiger partial charge is 0.348 e. The lowest BCUT2D eigenvalue weighted by molar-refractivity contribution is 0.0905. The zero-order valence-electron chi connectivity index (χ0n) is 10.9. The van der Waals surface area contributed by atoms with Crippen LogP contribution in [0.1, 0.15) is 41.9 Å². The maximum Gasteiger partial charge on any atom is 0.272 e. The molecule has 2 rings (SSSR count). The first-order chi connectivity index (χ1) is 8.61. The molecule has 2 atom stereocenters. The van der Waals surface area contributed by atoms with Crippen LogP contribution in [0.15, 0.2) is 6.07 Å².